The van der Waals surface area contributed by atoms with Gasteiger partial charge in [-0.2, -0.15) is 9.39 Å². The Labute approximate surface area is 206 Å². The molecule has 4 rings (SSSR count). The Hall–Kier alpha value is -3.64. The average molecular weight is 515 g/mol. The van der Waals surface area contributed by atoms with Crippen LogP contribution in [0.3, 0.4) is 0 Å². The molecule has 2 heterocycles. The number of nitrogens with one attached hydrogen (secondary N) is 1. The van der Waals surface area contributed by atoms with Crippen molar-refractivity contribution in [2.45, 2.75) is 6.42 Å². The van der Waals surface area contributed by atoms with E-state index in [1.54, 1.807) is 31.4 Å². The summed E-state index contributed by atoms with van der Waals surface area (Å²) in [6, 6.07) is 14.3. The van der Waals surface area contributed by atoms with Gasteiger partial charge < -0.3 is 14.2 Å². The minimum absolute atomic E-state index is 0.0306. The smallest absolute Gasteiger partial charge is 0.283 e. The number of fused-ring (bicyclic) bond motifs is 1. The zero-order chi connectivity index (χ0) is 25.0. The standard InChI is InChI=1S/C23H22N4O6S2/c1-31-16-8-10-18(11-9-16)33-13-3-12-32-17-6-4-15(5-7-17)14-19-20(24)27-22(25-21(19)28)34-26-23(27)35(2,29)30/h4-11,14,24H,3,12-13H2,1-2H3. The summed E-state index contributed by atoms with van der Waals surface area (Å²) in [4.78, 5) is 17.4. The second-order valence-corrected chi connectivity index (χ2v) is 10.1. The summed E-state index contributed by atoms with van der Waals surface area (Å²) < 4.78 is 44.3. The second kappa shape index (κ2) is 10.3. The SMILES string of the molecule is COc1ccc(OCCCOc2ccc(C=C3C(=N)N4C(=NC3=O)SN=C4S(C)(=O)=O)cc2)cc1. The highest BCUT2D eigenvalue weighted by Crippen LogP contribution is 2.29. The molecule has 0 saturated heterocycles. The number of ether oxygens (including phenoxy) is 3. The summed E-state index contributed by atoms with van der Waals surface area (Å²) in [5.74, 6) is 1.25. The van der Waals surface area contributed by atoms with Gasteiger partial charge in [0.05, 0.1) is 37.8 Å². The minimum Gasteiger partial charge on any atom is -0.497 e. The van der Waals surface area contributed by atoms with Crippen LogP contribution in [0.5, 0.6) is 17.2 Å². The van der Waals surface area contributed by atoms with Crippen LogP contribution in [0.4, 0.5) is 0 Å². The van der Waals surface area contributed by atoms with Gasteiger partial charge in [-0.25, -0.2) is 13.3 Å². The van der Waals surface area contributed by atoms with Gasteiger partial charge in [0.2, 0.25) is 20.2 Å². The third-order valence-electron chi connectivity index (χ3n) is 4.90. The number of sulfone groups is 1. The zero-order valence-corrected chi connectivity index (χ0v) is 20.6. The van der Waals surface area contributed by atoms with Gasteiger partial charge in [0.1, 0.15) is 23.1 Å². The third kappa shape index (κ3) is 5.72. The van der Waals surface area contributed by atoms with Crippen LogP contribution in [0.25, 0.3) is 6.08 Å². The summed E-state index contributed by atoms with van der Waals surface area (Å²) in [6.45, 7) is 0.953. The predicted octanol–water partition coefficient (Wildman–Crippen LogP) is 3.16. The number of benzene rings is 2. The fraction of sp³-hybridized carbons (Fsp3) is 0.217. The molecule has 0 fully saturated rings. The molecule has 182 valence electrons. The molecule has 2 aliphatic heterocycles. The van der Waals surface area contributed by atoms with Crippen LogP contribution in [-0.4, -0.2) is 62.0 Å². The number of nitrogens with zero attached hydrogens (tertiary/aromatic N) is 3. The van der Waals surface area contributed by atoms with E-state index in [9.17, 15) is 13.2 Å². The van der Waals surface area contributed by atoms with Crippen LogP contribution in [0.2, 0.25) is 0 Å². The van der Waals surface area contributed by atoms with Crippen LogP contribution < -0.4 is 14.2 Å². The number of amides is 1. The first-order chi connectivity index (χ1) is 16.8. The Morgan fingerprint density at radius 1 is 1.00 bits per heavy atom. The Balaban J connectivity index is 1.33. The molecule has 2 aliphatic rings. The quantitative estimate of drug-likeness (QED) is 0.323. The first-order valence-corrected chi connectivity index (χ1v) is 13.1. The van der Waals surface area contributed by atoms with Gasteiger partial charge in [-0.1, -0.05) is 12.1 Å². The lowest BCUT2D eigenvalue weighted by molar-refractivity contribution is -0.114. The Bertz CT molecular complexity index is 1330. The van der Waals surface area contributed by atoms with Gasteiger partial charge in [0.15, 0.2) is 0 Å². The molecule has 2 aromatic carbocycles. The van der Waals surface area contributed by atoms with E-state index in [4.69, 9.17) is 19.6 Å². The van der Waals surface area contributed by atoms with Crippen LogP contribution in [0.1, 0.15) is 12.0 Å². The molecule has 0 spiro atoms. The van der Waals surface area contributed by atoms with Crippen LogP contribution in [0.15, 0.2) is 63.5 Å². The Kier molecular flexibility index (Phi) is 7.22. The van der Waals surface area contributed by atoms with E-state index >= 15 is 0 Å². The Morgan fingerprint density at radius 2 is 1.57 bits per heavy atom. The summed E-state index contributed by atoms with van der Waals surface area (Å²) in [6.07, 6.45) is 3.16. The fourth-order valence-corrected chi connectivity index (χ4v) is 5.02. The second-order valence-electron chi connectivity index (χ2n) is 7.47. The van der Waals surface area contributed by atoms with E-state index < -0.39 is 15.7 Å². The molecule has 12 heteroatoms. The van der Waals surface area contributed by atoms with Crippen molar-refractivity contribution in [2.75, 3.05) is 26.6 Å². The topological polar surface area (TPSA) is 131 Å². The van der Waals surface area contributed by atoms with E-state index in [0.29, 0.717) is 30.9 Å². The maximum Gasteiger partial charge on any atom is 0.283 e. The number of methoxy groups -OCH3 is 1. The zero-order valence-electron chi connectivity index (χ0n) is 18.9. The molecule has 0 unspecified atom stereocenters. The summed E-state index contributed by atoms with van der Waals surface area (Å²) >= 11 is 0.755. The molecule has 0 atom stereocenters. The molecular weight excluding hydrogens is 492 g/mol. The van der Waals surface area contributed by atoms with Gasteiger partial charge in [0, 0.05) is 12.7 Å². The van der Waals surface area contributed by atoms with Crippen molar-refractivity contribution in [1.82, 2.24) is 4.90 Å². The van der Waals surface area contributed by atoms with Crippen molar-refractivity contribution in [3.05, 3.63) is 59.7 Å². The van der Waals surface area contributed by atoms with Gasteiger partial charge in [-0.15, -0.1) is 0 Å². The molecule has 1 N–H and O–H groups in total. The van der Waals surface area contributed by atoms with Crippen LogP contribution >= 0.6 is 11.9 Å². The largest absolute Gasteiger partial charge is 0.497 e. The normalized spacial score (nSPS) is 16.6. The lowest BCUT2D eigenvalue weighted by Gasteiger charge is -2.23. The fourth-order valence-electron chi connectivity index (χ4n) is 3.18. The van der Waals surface area contributed by atoms with Gasteiger partial charge in [0.25, 0.3) is 5.91 Å². The van der Waals surface area contributed by atoms with Crippen LogP contribution in [-0.2, 0) is 14.6 Å². The first kappa shape index (κ1) is 24.5. The molecule has 2 aromatic rings. The van der Waals surface area contributed by atoms with Gasteiger partial charge in [-0.05, 0) is 48.0 Å². The number of hydrogen-bond acceptors (Lipinski definition) is 9. The molecule has 0 aliphatic carbocycles. The first-order valence-electron chi connectivity index (χ1n) is 10.4. The molecule has 1 amide bonds. The lowest BCUT2D eigenvalue weighted by atomic mass is 10.1. The van der Waals surface area contributed by atoms with Crippen molar-refractivity contribution in [1.29, 1.82) is 5.41 Å². The van der Waals surface area contributed by atoms with Crippen molar-refractivity contribution in [3.8, 4) is 17.2 Å². The summed E-state index contributed by atoms with van der Waals surface area (Å²) in [5.41, 5.74) is 0.605. The van der Waals surface area contributed by atoms with Crippen molar-refractivity contribution < 1.29 is 27.4 Å². The van der Waals surface area contributed by atoms with Crippen LogP contribution in [0, 0.1) is 5.41 Å². The van der Waals surface area contributed by atoms with Crippen molar-refractivity contribution >= 4 is 49.9 Å². The van der Waals surface area contributed by atoms with Crippen molar-refractivity contribution in [2.24, 2.45) is 9.39 Å². The number of carbonyl (C=O) groups is 1. The number of rotatable bonds is 8. The lowest BCUT2D eigenvalue weighted by Crippen LogP contribution is -2.45. The molecule has 0 bridgehead atoms. The van der Waals surface area contributed by atoms with E-state index in [2.05, 4.69) is 9.39 Å². The monoisotopic (exact) mass is 514 g/mol. The number of hydrogen-bond donors (Lipinski definition) is 1. The average Bonchev–Trinajstić information content (AvgIpc) is 3.27. The summed E-state index contributed by atoms with van der Waals surface area (Å²) in [7, 11) is -2.08. The maximum atomic E-state index is 12.4. The summed E-state index contributed by atoms with van der Waals surface area (Å²) in [5, 5.41) is 8.11. The van der Waals surface area contributed by atoms with E-state index in [1.807, 2.05) is 24.3 Å². The molecule has 0 radical (unpaired) electrons. The van der Waals surface area contributed by atoms with Crippen molar-refractivity contribution in [3.63, 3.8) is 0 Å². The number of carbonyl (C=O) groups excluding carboxylic acids is 1. The number of aliphatic imine (C=N–C) groups is 1. The molecular formula is C23H22N4O6S2. The third-order valence-corrected chi connectivity index (χ3v) is 6.66. The highest BCUT2D eigenvalue weighted by atomic mass is 32.2. The maximum absolute atomic E-state index is 12.4. The minimum atomic E-state index is -3.69. The van der Waals surface area contributed by atoms with E-state index in [0.717, 1.165) is 34.6 Å². The van der Waals surface area contributed by atoms with Gasteiger partial charge >= 0.3 is 0 Å². The molecule has 10 nitrogen and oxygen atoms in total. The molecule has 35 heavy (non-hydrogen) atoms. The Morgan fingerprint density at radius 3 is 2.14 bits per heavy atom. The van der Waals surface area contributed by atoms with Gasteiger partial charge in [-0.3, -0.25) is 10.2 Å². The highest BCUT2D eigenvalue weighted by molar-refractivity contribution is 8.16. The van der Waals surface area contributed by atoms with E-state index in [1.165, 1.54) is 6.08 Å². The predicted molar refractivity (Wildman–Crippen MR) is 135 cm³/mol. The highest BCUT2D eigenvalue weighted by Gasteiger charge is 2.41. The number of amidine groups is 3. The molecule has 0 saturated carbocycles. The van der Waals surface area contributed by atoms with E-state index in [-0.39, 0.29) is 21.7 Å². The molecule has 0 aromatic heterocycles.